The third-order valence-corrected chi connectivity index (χ3v) is 4.94. The summed E-state index contributed by atoms with van der Waals surface area (Å²) in [5.74, 6) is 0.497. The molecule has 0 aliphatic carbocycles. The summed E-state index contributed by atoms with van der Waals surface area (Å²) < 4.78 is 0.772. The Hall–Kier alpha value is -0.160. The highest BCUT2D eigenvalue weighted by molar-refractivity contribution is 7.15. The molecule has 0 saturated carbocycles. The summed E-state index contributed by atoms with van der Waals surface area (Å²) >= 11 is 7.65. The first-order valence-electron chi connectivity index (χ1n) is 6.70. The van der Waals surface area contributed by atoms with Crippen LogP contribution in [0.5, 0.6) is 0 Å². The molecular formula is C13H22ClN3S. The largest absolute Gasteiger partial charge is 0.330 e. The molecule has 1 aromatic heterocycles. The van der Waals surface area contributed by atoms with Gasteiger partial charge in [-0.15, -0.1) is 11.3 Å². The Bertz CT molecular complexity index is 380. The molecule has 5 heteroatoms. The normalized spacial score (nSPS) is 26.5. The van der Waals surface area contributed by atoms with Crippen molar-refractivity contribution in [3.8, 4) is 0 Å². The zero-order valence-electron chi connectivity index (χ0n) is 11.1. The zero-order valence-corrected chi connectivity index (χ0v) is 12.7. The first-order chi connectivity index (χ1) is 8.63. The third-order valence-electron chi connectivity index (χ3n) is 3.76. The minimum Gasteiger partial charge on any atom is -0.330 e. The van der Waals surface area contributed by atoms with Crippen molar-refractivity contribution in [3.05, 3.63) is 15.5 Å². The topological polar surface area (TPSA) is 42.1 Å². The molecule has 2 N–H and O–H groups in total. The standard InChI is InChI=1S/C13H22ClN3S/c1-9(2)17-6-4-3-5-10(7-15)12(17)13-16-8-11(14)18-13/h8-10,12H,3-7,15H2,1-2H3. The molecule has 3 nitrogen and oxygen atoms in total. The SMILES string of the molecule is CC(C)N1CCCCC(CN)C1c1ncc(Cl)s1. The van der Waals surface area contributed by atoms with Crippen molar-refractivity contribution < 1.29 is 0 Å². The molecule has 0 amide bonds. The maximum Gasteiger partial charge on any atom is 0.113 e. The average Bonchev–Trinajstić information content (AvgIpc) is 2.64. The summed E-state index contributed by atoms with van der Waals surface area (Å²) in [6.45, 7) is 6.36. The number of thiazole rings is 1. The maximum absolute atomic E-state index is 6.04. The summed E-state index contributed by atoms with van der Waals surface area (Å²) in [7, 11) is 0. The van der Waals surface area contributed by atoms with Gasteiger partial charge in [-0.05, 0) is 45.7 Å². The molecule has 1 aliphatic heterocycles. The van der Waals surface area contributed by atoms with Crippen LogP contribution in [0.4, 0.5) is 0 Å². The van der Waals surface area contributed by atoms with Crippen molar-refractivity contribution in [2.45, 2.75) is 45.2 Å². The molecule has 0 radical (unpaired) electrons. The predicted molar refractivity (Wildman–Crippen MR) is 78.1 cm³/mol. The molecule has 2 unspecified atom stereocenters. The molecule has 2 heterocycles. The minimum atomic E-state index is 0.343. The van der Waals surface area contributed by atoms with Crippen LogP contribution in [0.15, 0.2) is 6.20 Å². The Labute approximate surface area is 118 Å². The van der Waals surface area contributed by atoms with E-state index in [1.165, 1.54) is 19.3 Å². The van der Waals surface area contributed by atoms with Gasteiger partial charge in [-0.1, -0.05) is 18.0 Å². The van der Waals surface area contributed by atoms with Crippen molar-refractivity contribution >= 4 is 22.9 Å². The second-order valence-electron chi connectivity index (χ2n) is 5.27. The molecule has 102 valence electrons. The number of rotatable bonds is 3. The van der Waals surface area contributed by atoms with Crippen LogP contribution in [0.1, 0.15) is 44.2 Å². The summed E-state index contributed by atoms with van der Waals surface area (Å²) in [5, 5.41) is 1.13. The number of halogens is 1. The lowest BCUT2D eigenvalue weighted by Gasteiger charge is -2.36. The van der Waals surface area contributed by atoms with Gasteiger partial charge in [-0.3, -0.25) is 4.90 Å². The van der Waals surface area contributed by atoms with Gasteiger partial charge in [0, 0.05) is 6.04 Å². The Morgan fingerprint density at radius 2 is 2.33 bits per heavy atom. The van der Waals surface area contributed by atoms with Crippen LogP contribution in [-0.2, 0) is 0 Å². The molecule has 1 aliphatic rings. The van der Waals surface area contributed by atoms with Crippen molar-refractivity contribution in [1.29, 1.82) is 0 Å². The van der Waals surface area contributed by atoms with Crippen LogP contribution in [0.3, 0.4) is 0 Å². The highest BCUT2D eigenvalue weighted by atomic mass is 35.5. The van der Waals surface area contributed by atoms with E-state index in [0.717, 1.165) is 22.4 Å². The highest BCUT2D eigenvalue weighted by Gasteiger charge is 2.33. The highest BCUT2D eigenvalue weighted by Crippen LogP contribution is 2.38. The van der Waals surface area contributed by atoms with Crippen LogP contribution in [0.25, 0.3) is 0 Å². The van der Waals surface area contributed by atoms with Crippen molar-refractivity contribution in [2.75, 3.05) is 13.1 Å². The van der Waals surface area contributed by atoms with Crippen LogP contribution in [-0.4, -0.2) is 29.0 Å². The van der Waals surface area contributed by atoms with E-state index in [9.17, 15) is 0 Å². The summed E-state index contributed by atoms with van der Waals surface area (Å²) in [6, 6.07) is 0.861. The van der Waals surface area contributed by atoms with E-state index in [-0.39, 0.29) is 0 Å². The molecule has 2 rings (SSSR count). The van der Waals surface area contributed by atoms with Gasteiger partial charge in [-0.25, -0.2) is 4.98 Å². The third kappa shape index (κ3) is 3.05. The quantitative estimate of drug-likeness (QED) is 0.927. The first-order valence-corrected chi connectivity index (χ1v) is 7.90. The van der Waals surface area contributed by atoms with Crippen LogP contribution in [0.2, 0.25) is 4.34 Å². The van der Waals surface area contributed by atoms with E-state index in [1.807, 2.05) is 0 Å². The smallest absolute Gasteiger partial charge is 0.113 e. The monoisotopic (exact) mass is 287 g/mol. The van der Waals surface area contributed by atoms with Crippen LogP contribution < -0.4 is 5.73 Å². The molecule has 2 atom stereocenters. The number of aromatic nitrogens is 1. The van der Waals surface area contributed by atoms with Crippen molar-refractivity contribution in [1.82, 2.24) is 9.88 Å². The summed E-state index contributed by atoms with van der Waals surface area (Å²) in [4.78, 5) is 7.04. The lowest BCUT2D eigenvalue weighted by Crippen LogP contribution is -2.39. The number of hydrogen-bond acceptors (Lipinski definition) is 4. The van der Waals surface area contributed by atoms with E-state index in [2.05, 4.69) is 23.7 Å². The lowest BCUT2D eigenvalue weighted by molar-refractivity contribution is 0.121. The summed E-state index contributed by atoms with van der Waals surface area (Å²) in [5.41, 5.74) is 5.99. The van der Waals surface area contributed by atoms with Crippen molar-refractivity contribution in [2.24, 2.45) is 11.7 Å². The molecule has 0 spiro atoms. The molecule has 0 bridgehead atoms. The molecule has 1 fully saturated rings. The Kier molecular flexibility index (Phi) is 5.01. The van der Waals surface area contributed by atoms with E-state index >= 15 is 0 Å². The van der Waals surface area contributed by atoms with Gasteiger partial charge in [0.15, 0.2) is 0 Å². The number of nitrogens with zero attached hydrogens (tertiary/aromatic N) is 2. The molecule has 1 saturated heterocycles. The fourth-order valence-electron chi connectivity index (χ4n) is 2.84. The van der Waals surface area contributed by atoms with Gasteiger partial charge in [0.05, 0.1) is 12.2 Å². The lowest BCUT2D eigenvalue weighted by atomic mass is 9.94. The fraction of sp³-hybridized carbons (Fsp3) is 0.769. The number of hydrogen-bond donors (Lipinski definition) is 1. The van der Waals surface area contributed by atoms with Crippen LogP contribution >= 0.6 is 22.9 Å². The average molecular weight is 288 g/mol. The molecule has 18 heavy (non-hydrogen) atoms. The molecule has 0 aromatic carbocycles. The predicted octanol–water partition coefficient (Wildman–Crippen LogP) is 3.31. The summed E-state index contributed by atoms with van der Waals surface area (Å²) in [6.07, 6.45) is 5.48. The number of likely N-dealkylation sites (tertiary alicyclic amines) is 1. The van der Waals surface area contributed by atoms with E-state index in [4.69, 9.17) is 17.3 Å². The van der Waals surface area contributed by atoms with E-state index < -0.39 is 0 Å². The van der Waals surface area contributed by atoms with E-state index in [0.29, 0.717) is 18.0 Å². The van der Waals surface area contributed by atoms with Gasteiger partial charge in [0.25, 0.3) is 0 Å². The zero-order chi connectivity index (χ0) is 13.1. The molecule has 1 aromatic rings. The number of nitrogens with two attached hydrogens (primary N) is 1. The minimum absolute atomic E-state index is 0.343. The second-order valence-corrected chi connectivity index (χ2v) is 6.96. The van der Waals surface area contributed by atoms with Gasteiger partial charge < -0.3 is 5.73 Å². The fourth-order valence-corrected chi connectivity index (χ4v) is 3.99. The first kappa shape index (κ1) is 14.3. The van der Waals surface area contributed by atoms with Crippen LogP contribution in [0, 0.1) is 5.92 Å². The van der Waals surface area contributed by atoms with Gasteiger partial charge in [0.1, 0.15) is 9.34 Å². The van der Waals surface area contributed by atoms with E-state index in [1.54, 1.807) is 17.5 Å². The Balaban J connectivity index is 2.32. The van der Waals surface area contributed by atoms with Gasteiger partial charge >= 0.3 is 0 Å². The molecular weight excluding hydrogens is 266 g/mol. The second kappa shape index (κ2) is 6.33. The van der Waals surface area contributed by atoms with Gasteiger partial charge in [-0.2, -0.15) is 0 Å². The maximum atomic E-state index is 6.04. The Morgan fingerprint density at radius 3 is 2.89 bits per heavy atom. The van der Waals surface area contributed by atoms with Crippen molar-refractivity contribution in [3.63, 3.8) is 0 Å². The van der Waals surface area contributed by atoms with Gasteiger partial charge in [0.2, 0.25) is 0 Å². The Morgan fingerprint density at radius 1 is 1.56 bits per heavy atom.